The molecule has 1 aromatic heterocycles. The number of nitro groups is 1. The normalized spacial score (nSPS) is 22.1. The molecule has 1 aliphatic heterocycles. The van der Waals surface area contributed by atoms with E-state index in [2.05, 4.69) is 10.3 Å². The highest BCUT2D eigenvalue weighted by Crippen LogP contribution is 2.40. The van der Waals surface area contributed by atoms with Crippen LogP contribution in [0.4, 0.5) is 10.5 Å². The maximum Gasteiger partial charge on any atom is 0.414 e. The fourth-order valence-corrected chi connectivity index (χ4v) is 5.11. The van der Waals surface area contributed by atoms with Crippen molar-refractivity contribution in [3.63, 3.8) is 0 Å². The first-order valence-electron chi connectivity index (χ1n) is 7.96. The van der Waals surface area contributed by atoms with Crippen molar-refractivity contribution in [1.82, 2.24) is 9.62 Å². The Kier molecular flexibility index (Phi) is 5.27. The topological polar surface area (TPSA) is 131 Å². The van der Waals surface area contributed by atoms with E-state index in [-0.39, 0.29) is 17.4 Å². The van der Waals surface area contributed by atoms with Crippen LogP contribution in [0.3, 0.4) is 0 Å². The predicted octanol–water partition coefficient (Wildman–Crippen LogP) is 2.34. The second-order valence-corrected chi connectivity index (χ2v) is 10.6. The highest BCUT2D eigenvalue weighted by molar-refractivity contribution is 7.89. The predicted molar refractivity (Wildman–Crippen MR) is 101 cm³/mol. The molecule has 1 N–H and O–H groups in total. The molecular formula is C15H22N4O6S2. The third-order valence-corrected chi connectivity index (χ3v) is 6.99. The summed E-state index contributed by atoms with van der Waals surface area (Å²) in [5, 5.41) is 13.5. The molecule has 0 unspecified atom stereocenters. The zero-order chi connectivity index (χ0) is 20.8. The van der Waals surface area contributed by atoms with Crippen LogP contribution in [0.25, 0.3) is 0 Å². The Labute approximate surface area is 161 Å². The number of hydrogen-bond acceptors (Lipinski definition) is 8. The molecule has 150 valence electrons. The first-order valence-corrected chi connectivity index (χ1v) is 10.4. The number of nitrogens with zero attached hydrogens (tertiary/aromatic N) is 3. The summed E-state index contributed by atoms with van der Waals surface area (Å²) in [6, 6.07) is 1.33. The van der Waals surface area contributed by atoms with Crippen molar-refractivity contribution in [3.8, 4) is 0 Å². The van der Waals surface area contributed by atoms with Crippen molar-refractivity contribution in [1.29, 1.82) is 0 Å². The largest absolute Gasteiger partial charge is 0.444 e. The maximum atomic E-state index is 12.6. The second-order valence-electron chi connectivity index (χ2n) is 7.37. The zero-order valence-corrected chi connectivity index (χ0v) is 17.5. The monoisotopic (exact) mass is 418 g/mol. The third-order valence-electron chi connectivity index (χ3n) is 3.76. The van der Waals surface area contributed by atoms with Crippen molar-refractivity contribution in [2.75, 3.05) is 12.8 Å². The molecule has 1 amide bonds. The Hall–Kier alpha value is -2.21. The zero-order valence-electron chi connectivity index (χ0n) is 15.9. The lowest BCUT2D eigenvalue weighted by molar-refractivity contribution is -0.385. The second kappa shape index (κ2) is 6.75. The summed E-state index contributed by atoms with van der Waals surface area (Å²) in [7, 11) is -2.54. The molecule has 2 heterocycles. The van der Waals surface area contributed by atoms with Crippen LogP contribution in [-0.2, 0) is 20.3 Å². The number of aryl methyl sites for hydroxylation is 1. The molecule has 0 saturated carbocycles. The van der Waals surface area contributed by atoms with Gasteiger partial charge in [-0.3, -0.25) is 15.4 Å². The van der Waals surface area contributed by atoms with E-state index in [1.54, 1.807) is 34.6 Å². The molecule has 12 heteroatoms. The Morgan fingerprint density at radius 2 is 2.07 bits per heavy atom. The summed E-state index contributed by atoms with van der Waals surface area (Å²) in [5.74, 6) is -0.584. The van der Waals surface area contributed by atoms with Gasteiger partial charge in [0.05, 0.1) is 15.6 Å². The van der Waals surface area contributed by atoms with E-state index in [9.17, 15) is 23.3 Å². The average molecular weight is 418 g/mol. The number of hydrogen-bond donors (Lipinski definition) is 1. The van der Waals surface area contributed by atoms with Crippen LogP contribution in [0.15, 0.2) is 11.1 Å². The molecular weight excluding hydrogens is 396 g/mol. The number of amides is 1. The van der Waals surface area contributed by atoms with E-state index in [4.69, 9.17) is 4.74 Å². The summed E-state index contributed by atoms with van der Waals surface area (Å²) < 4.78 is 31.2. The molecule has 1 aromatic rings. The van der Waals surface area contributed by atoms with Crippen molar-refractivity contribution < 1.29 is 22.9 Å². The number of thiophene rings is 1. The fourth-order valence-electron chi connectivity index (χ4n) is 2.47. The van der Waals surface area contributed by atoms with Crippen molar-refractivity contribution in [2.24, 2.45) is 4.99 Å². The van der Waals surface area contributed by atoms with Gasteiger partial charge in [0.1, 0.15) is 11.1 Å². The van der Waals surface area contributed by atoms with Crippen molar-refractivity contribution in [2.45, 2.75) is 45.8 Å². The number of ether oxygens (including phenoxy) is 1. The van der Waals surface area contributed by atoms with E-state index >= 15 is 0 Å². The average Bonchev–Trinajstić information content (AvgIpc) is 2.85. The minimum absolute atomic E-state index is 0.0931. The lowest BCUT2D eigenvalue weighted by Crippen LogP contribution is -2.53. The van der Waals surface area contributed by atoms with E-state index in [0.717, 1.165) is 15.6 Å². The summed E-state index contributed by atoms with van der Waals surface area (Å²) >= 11 is 1.11. The van der Waals surface area contributed by atoms with Crippen LogP contribution in [0, 0.1) is 17.0 Å². The van der Waals surface area contributed by atoms with Gasteiger partial charge in [0.25, 0.3) is 5.69 Å². The number of carbonyl (C=O) groups excluding carboxylic acids is 1. The number of aliphatic imine (C=N–C) groups is 1. The summed E-state index contributed by atoms with van der Waals surface area (Å²) in [6.45, 7) is 8.17. The first-order chi connectivity index (χ1) is 12.1. The van der Waals surface area contributed by atoms with Crippen LogP contribution < -0.4 is 5.32 Å². The fraction of sp³-hybridized carbons (Fsp3) is 0.600. The van der Waals surface area contributed by atoms with Gasteiger partial charge in [0.2, 0.25) is 16.0 Å². The molecule has 1 aliphatic rings. The van der Waals surface area contributed by atoms with Gasteiger partial charge in [0, 0.05) is 18.0 Å². The minimum Gasteiger partial charge on any atom is -0.444 e. The van der Waals surface area contributed by atoms with Gasteiger partial charge in [0.15, 0.2) is 0 Å². The lowest BCUT2D eigenvalue weighted by Gasteiger charge is -2.35. The van der Waals surface area contributed by atoms with E-state index in [1.807, 2.05) is 0 Å². The number of rotatable bonds is 2. The Balaban J connectivity index is 2.47. The van der Waals surface area contributed by atoms with Gasteiger partial charge in [-0.2, -0.15) is 0 Å². The van der Waals surface area contributed by atoms with E-state index in [1.165, 1.54) is 13.1 Å². The van der Waals surface area contributed by atoms with Crippen LogP contribution in [0.1, 0.15) is 37.4 Å². The first kappa shape index (κ1) is 21.1. The molecule has 0 saturated heterocycles. The molecule has 0 radical (unpaired) electrons. The molecule has 0 fully saturated rings. The Morgan fingerprint density at radius 1 is 1.48 bits per heavy atom. The van der Waals surface area contributed by atoms with Crippen LogP contribution in [0.5, 0.6) is 0 Å². The maximum absolute atomic E-state index is 12.6. The van der Waals surface area contributed by atoms with Crippen LogP contribution in [0.2, 0.25) is 0 Å². The molecule has 1 atom stereocenters. The third kappa shape index (κ3) is 4.56. The molecule has 0 aromatic carbocycles. The number of nitrogens with one attached hydrogen (secondary N) is 1. The highest BCUT2D eigenvalue weighted by atomic mass is 32.2. The van der Waals surface area contributed by atoms with Gasteiger partial charge in [-0.1, -0.05) is 0 Å². The molecule has 27 heavy (non-hydrogen) atoms. The van der Waals surface area contributed by atoms with Gasteiger partial charge < -0.3 is 4.74 Å². The Bertz CT molecular complexity index is 915. The summed E-state index contributed by atoms with van der Waals surface area (Å²) in [6.07, 6.45) is -0.846. The molecule has 0 aliphatic carbocycles. The minimum atomic E-state index is -3.81. The molecule has 0 bridgehead atoms. The number of carbonyl (C=O) groups is 1. The molecule has 2 rings (SSSR count). The van der Waals surface area contributed by atoms with Gasteiger partial charge in [-0.15, -0.1) is 11.3 Å². The standard InChI is InChI=1S/C15H22N4O6S2/c1-9-10(19(21)22)7-11(26-9)15(5)8-27(23,24)18(6)12(17-15)16-13(20)25-14(2,3)4/h7H,8H2,1-6H3,(H,16,17,20)/t15-/m0/s1. The van der Waals surface area contributed by atoms with Gasteiger partial charge in [-0.25, -0.2) is 22.5 Å². The van der Waals surface area contributed by atoms with Crippen LogP contribution in [-0.4, -0.2) is 48.1 Å². The quantitative estimate of drug-likeness (QED) is 0.579. The molecule has 10 nitrogen and oxygen atoms in total. The number of alkyl carbamates (subject to hydrolysis) is 1. The lowest BCUT2D eigenvalue weighted by atomic mass is 10.0. The van der Waals surface area contributed by atoms with Gasteiger partial charge in [-0.05, 0) is 34.6 Å². The SMILES string of the molecule is Cc1sc([C@]2(C)CS(=O)(=O)N(C)C(NC(=O)OC(C)(C)C)=N2)cc1[N+](=O)[O-]. The molecule has 0 spiro atoms. The van der Waals surface area contributed by atoms with E-state index < -0.39 is 32.2 Å². The smallest absolute Gasteiger partial charge is 0.414 e. The van der Waals surface area contributed by atoms with Crippen molar-refractivity contribution in [3.05, 3.63) is 25.9 Å². The number of sulfonamides is 1. The van der Waals surface area contributed by atoms with Crippen LogP contribution >= 0.6 is 11.3 Å². The number of guanidine groups is 1. The Morgan fingerprint density at radius 3 is 2.56 bits per heavy atom. The van der Waals surface area contributed by atoms with Crippen molar-refractivity contribution >= 4 is 39.1 Å². The van der Waals surface area contributed by atoms with Gasteiger partial charge >= 0.3 is 6.09 Å². The summed E-state index contributed by atoms with van der Waals surface area (Å²) in [5.41, 5.74) is -2.14. The van der Waals surface area contributed by atoms with E-state index in [0.29, 0.717) is 9.75 Å². The highest BCUT2D eigenvalue weighted by Gasteiger charge is 2.43. The summed E-state index contributed by atoms with van der Waals surface area (Å²) in [4.78, 5) is 27.9.